The lowest BCUT2D eigenvalue weighted by atomic mass is 10.1. The first-order valence-electron chi connectivity index (χ1n) is 4.77. The fourth-order valence-corrected chi connectivity index (χ4v) is 4.28. The van der Waals surface area contributed by atoms with Gasteiger partial charge in [0.2, 0.25) is 0 Å². The largest absolute Gasteiger partial charge is 0.0800 e. The zero-order valence-corrected chi connectivity index (χ0v) is 11.3. The first-order valence-corrected chi connectivity index (χ1v) is 8.48. The van der Waals surface area contributed by atoms with Crippen LogP contribution >= 0.6 is 16.6 Å². The van der Waals surface area contributed by atoms with Gasteiger partial charge in [-0.25, -0.2) is 0 Å². The van der Waals surface area contributed by atoms with Crippen molar-refractivity contribution in [3.63, 3.8) is 0 Å². The van der Waals surface area contributed by atoms with E-state index in [9.17, 15) is 0 Å². The zero-order valence-electron chi connectivity index (χ0n) is 8.83. The molecule has 14 heavy (non-hydrogen) atoms. The first-order chi connectivity index (χ1) is 6.42. The van der Waals surface area contributed by atoms with Gasteiger partial charge in [0.25, 0.3) is 0 Å². The van der Waals surface area contributed by atoms with Crippen molar-refractivity contribution in [1.29, 1.82) is 0 Å². The maximum absolute atomic E-state index is 6.58. The number of hydrogen-bond donors (Lipinski definition) is 0. The van der Waals surface area contributed by atoms with E-state index >= 15 is 0 Å². The van der Waals surface area contributed by atoms with Gasteiger partial charge in [-0.15, -0.1) is 0 Å². The summed E-state index contributed by atoms with van der Waals surface area (Å²) >= 11 is 12.2. The fraction of sp³-hybridized carbons (Fsp3) is 0.455. The number of halogens is 1. The Morgan fingerprint density at radius 2 is 1.79 bits per heavy atom. The molecule has 0 aliphatic heterocycles. The summed E-state index contributed by atoms with van der Waals surface area (Å²) in [5, 5.41) is -0.781. The third kappa shape index (κ3) is 2.21. The average Bonchev–Trinajstić information content (AvgIpc) is 2.19. The summed E-state index contributed by atoms with van der Waals surface area (Å²) in [4.78, 5) is 0. The number of hydrogen-bond acceptors (Lipinski definition) is 1. The number of rotatable bonds is 3. The van der Waals surface area contributed by atoms with Gasteiger partial charge in [0, 0.05) is 5.16 Å². The van der Waals surface area contributed by atoms with Crippen molar-refractivity contribution in [3.05, 3.63) is 30.3 Å². The molecule has 0 aliphatic rings. The molecule has 0 heterocycles. The van der Waals surface area contributed by atoms with Crippen molar-refractivity contribution >= 4 is 33.7 Å². The first kappa shape index (κ1) is 12.2. The van der Waals surface area contributed by atoms with Crippen LogP contribution in [-0.4, -0.2) is 5.16 Å². The summed E-state index contributed by atoms with van der Waals surface area (Å²) < 4.78 is 0. The Balaban J connectivity index is 3.15. The second kappa shape index (κ2) is 4.35. The molecule has 0 radical (unpaired) electrons. The average molecular weight is 247 g/mol. The van der Waals surface area contributed by atoms with Crippen LogP contribution in [0.2, 0.25) is 0 Å². The molecule has 0 saturated heterocycles. The molecule has 78 valence electrons. The number of benzene rings is 1. The molecule has 0 amide bonds. The normalized spacial score (nSPS) is 16.3. The Hall–Kier alpha value is 0.160. The van der Waals surface area contributed by atoms with Crippen LogP contribution < -0.4 is 5.30 Å². The Morgan fingerprint density at radius 3 is 2.21 bits per heavy atom. The molecule has 1 atom stereocenters. The molecule has 0 nitrogen and oxygen atoms in total. The lowest BCUT2D eigenvalue weighted by Gasteiger charge is -2.32. The Kier molecular flexibility index (Phi) is 3.80. The standard InChI is InChI=1S/C11H16ClPS/c1-4-11(2,3)13(12,14)10-8-6-5-7-9-10/h5-9H,4H2,1-3H3. The molecule has 0 N–H and O–H groups in total. The van der Waals surface area contributed by atoms with Crippen LogP contribution in [0.3, 0.4) is 0 Å². The molecule has 1 unspecified atom stereocenters. The topological polar surface area (TPSA) is 0 Å². The maximum Gasteiger partial charge on any atom is 0.0711 e. The monoisotopic (exact) mass is 246 g/mol. The van der Waals surface area contributed by atoms with Gasteiger partial charge < -0.3 is 0 Å². The van der Waals surface area contributed by atoms with Crippen molar-refractivity contribution < 1.29 is 0 Å². The molecule has 3 heteroatoms. The highest BCUT2D eigenvalue weighted by atomic mass is 35.7. The van der Waals surface area contributed by atoms with Crippen LogP contribution in [0.4, 0.5) is 0 Å². The van der Waals surface area contributed by atoms with Gasteiger partial charge in [0.1, 0.15) is 0 Å². The highest BCUT2D eigenvalue weighted by molar-refractivity contribution is 8.31. The van der Waals surface area contributed by atoms with Crippen LogP contribution in [0, 0.1) is 0 Å². The summed E-state index contributed by atoms with van der Waals surface area (Å²) in [5.74, 6) is 0. The van der Waals surface area contributed by atoms with Crippen LogP contribution in [0.25, 0.3) is 0 Å². The summed E-state index contributed by atoms with van der Waals surface area (Å²) in [6.45, 7) is 6.47. The SMILES string of the molecule is CCC(C)(C)P(=S)(Cl)c1ccccc1. The van der Waals surface area contributed by atoms with E-state index < -0.39 is 5.39 Å². The zero-order chi connectivity index (χ0) is 10.8. The predicted molar refractivity (Wildman–Crippen MR) is 70.6 cm³/mol. The minimum atomic E-state index is -1.94. The van der Waals surface area contributed by atoms with Gasteiger partial charge in [-0.05, 0) is 11.7 Å². The van der Waals surface area contributed by atoms with E-state index in [0.717, 1.165) is 11.7 Å². The van der Waals surface area contributed by atoms with Crippen LogP contribution in [-0.2, 0) is 11.8 Å². The van der Waals surface area contributed by atoms with Crippen LogP contribution in [0.1, 0.15) is 27.2 Å². The summed E-state index contributed by atoms with van der Waals surface area (Å²) in [6.07, 6.45) is 1.02. The Morgan fingerprint density at radius 1 is 1.29 bits per heavy atom. The van der Waals surface area contributed by atoms with Crippen molar-refractivity contribution in [2.24, 2.45) is 0 Å². The highest BCUT2D eigenvalue weighted by Crippen LogP contribution is 2.62. The molecule has 0 aliphatic carbocycles. The molecule has 1 aromatic rings. The van der Waals surface area contributed by atoms with Gasteiger partial charge in [0.15, 0.2) is 0 Å². The van der Waals surface area contributed by atoms with Crippen molar-refractivity contribution in [1.82, 2.24) is 0 Å². The molecule has 0 saturated carbocycles. The maximum atomic E-state index is 6.58. The molecule has 1 aromatic carbocycles. The summed E-state index contributed by atoms with van der Waals surface area (Å²) in [7, 11) is 0. The van der Waals surface area contributed by atoms with Crippen molar-refractivity contribution in [3.8, 4) is 0 Å². The van der Waals surface area contributed by atoms with Crippen LogP contribution in [0.15, 0.2) is 30.3 Å². The van der Waals surface area contributed by atoms with E-state index in [4.69, 9.17) is 23.0 Å². The molecule has 0 fully saturated rings. The Labute approximate surface area is 96.5 Å². The van der Waals surface area contributed by atoms with E-state index in [0.29, 0.717) is 0 Å². The predicted octanol–water partition coefficient (Wildman–Crippen LogP) is 4.13. The molecule has 0 bridgehead atoms. The second-order valence-electron chi connectivity index (χ2n) is 4.03. The van der Waals surface area contributed by atoms with Gasteiger partial charge in [-0.2, -0.15) is 0 Å². The minimum absolute atomic E-state index is 0.0330. The lowest BCUT2D eigenvalue weighted by molar-refractivity contribution is 0.677. The van der Waals surface area contributed by atoms with E-state index in [2.05, 4.69) is 20.8 Å². The lowest BCUT2D eigenvalue weighted by Crippen LogP contribution is -2.22. The van der Waals surface area contributed by atoms with E-state index in [1.807, 2.05) is 30.3 Å². The van der Waals surface area contributed by atoms with Crippen molar-refractivity contribution in [2.45, 2.75) is 32.3 Å². The molecular formula is C11H16ClPS. The van der Waals surface area contributed by atoms with Gasteiger partial charge in [-0.1, -0.05) is 74.2 Å². The second-order valence-corrected chi connectivity index (χ2v) is 10.6. The highest BCUT2D eigenvalue weighted by Gasteiger charge is 2.33. The fourth-order valence-electron chi connectivity index (χ4n) is 1.17. The third-order valence-electron chi connectivity index (χ3n) is 2.73. The Bertz CT molecular complexity index is 346. The molecule has 0 spiro atoms. The smallest absolute Gasteiger partial charge is 0.0711 e. The van der Waals surface area contributed by atoms with Gasteiger partial charge in [0.05, 0.1) is 5.39 Å². The quantitative estimate of drug-likeness (QED) is 0.723. The van der Waals surface area contributed by atoms with E-state index in [1.165, 1.54) is 0 Å². The van der Waals surface area contributed by atoms with Gasteiger partial charge >= 0.3 is 0 Å². The third-order valence-corrected chi connectivity index (χ3v) is 9.64. The molecule has 1 rings (SSSR count). The summed E-state index contributed by atoms with van der Waals surface area (Å²) in [6, 6.07) is 10.1. The van der Waals surface area contributed by atoms with Gasteiger partial charge in [-0.3, -0.25) is 0 Å². The summed E-state index contributed by atoms with van der Waals surface area (Å²) in [5.41, 5.74) is 0. The molecular weight excluding hydrogens is 231 g/mol. The minimum Gasteiger partial charge on any atom is -0.0800 e. The molecule has 0 aromatic heterocycles. The van der Waals surface area contributed by atoms with E-state index in [1.54, 1.807) is 0 Å². The van der Waals surface area contributed by atoms with E-state index in [-0.39, 0.29) is 5.16 Å². The van der Waals surface area contributed by atoms with Crippen molar-refractivity contribution in [2.75, 3.05) is 0 Å². The van der Waals surface area contributed by atoms with Crippen LogP contribution in [0.5, 0.6) is 0 Å².